The molecule has 0 spiro atoms. The number of nitrogens with zero attached hydrogens (tertiary/aromatic N) is 3. The summed E-state index contributed by atoms with van der Waals surface area (Å²) in [4.78, 5) is 21.5. The number of fused-ring (bicyclic) bond motifs is 1. The van der Waals surface area contributed by atoms with E-state index in [1.807, 2.05) is 6.07 Å². The van der Waals surface area contributed by atoms with E-state index >= 15 is 0 Å². The first-order valence-corrected chi connectivity index (χ1v) is 15.6. The van der Waals surface area contributed by atoms with E-state index in [-0.39, 0.29) is 51.8 Å². The van der Waals surface area contributed by atoms with Crippen LogP contribution in [-0.4, -0.2) is 47.8 Å². The number of ketones is 1. The molecule has 1 aromatic carbocycles. The molecule has 0 radical (unpaired) electrons. The molecular formula is C28H31F3N4O4S. The van der Waals surface area contributed by atoms with Gasteiger partial charge in [0, 0.05) is 19.3 Å². The Morgan fingerprint density at radius 3 is 2.50 bits per heavy atom. The summed E-state index contributed by atoms with van der Waals surface area (Å²) in [5.41, 5.74) is 1.91. The number of carbonyl (C=O) groups is 1. The van der Waals surface area contributed by atoms with Crippen LogP contribution in [0.1, 0.15) is 80.6 Å². The monoisotopic (exact) mass is 576 g/mol. The standard InChI is InChI=1S/C28H31F3N4O4S/c1-40(37,38)23-11-16(15-5-4-6-15)8-9-20(23)33-21-12-17(13-22(36)18-14-19(18)29)32-27-25(21)34-28(26(30)31)35(27)24-7-2-3-10-39-24/h8-9,11-12,15,18-19,24,26H,2-7,10,13-14H2,1H3,(H,32,33)/t18-,19+,24?/m1/s1. The molecule has 8 nitrogen and oxygen atoms in total. The van der Waals surface area contributed by atoms with E-state index in [1.54, 1.807) is 12.1 Å². The minimum Gasteiger partial charge on any atom is -0.358 e. The molecular weight excluding hydrogens is 545 g/mol. The lowest BCUT2D eigenvalue weighted by molar-refractivity contribution is -0.120. The fourth-order valence-corrected chi connectivity index (χ4v) is 6.45. The molecule has 214 valence electrons. The Labute approximate surface area is 230 Å². The largest absolute Gasteiger partial charge is 0.358 e. The molecule has 1 unspecified atom stereocenters. The van der Waals surface area contributed by atoms with E-state index < -0.39 is 40.4 Å². The number of carbonyl (C=O) groups excluding carboxylic acids is 1. The molecule has 0 amide bonds. The van der Waals surface area contributed by atoms with Gasteiger partial charge in [-0.3, -0.25) is 9.36 Å². The third-order valence-electron chi connectivity index (χ3n) is 8.10. The maximum absolute atomic E-state index is 14.3. The van der Waals surface area contributed by atoms with E-state index in [4.69, 9.17) is 4.74 Å². The van der Waals surface area contributed by atoms with Gasteiger partial charge in [0.1, 0.15) is 23.7 Å². The molecule has 3 fully saturated rings. The first kappa shape index (κ1) is 27.2. The predicted octanol–water partition coefficient (Wildman–Crippen LogP) is 5.95. The second kappa shape index (κ2) is 10.4. The van der Waals surface area contributed by atoms with Crippen molar-refractivity contribution in [3.8, 4) is 0 Å². The lowest BCUT2D eigenvalue weighted by Crippen LogP contribution is -2.21. The Bertz CT molecular complexity index is 1570. The van der Waals surface area contributed by atoms with Crippen molar-refractivity contribution < 1.29 is 31.1 Å². The van der Waals surface area contributed by atoms with Crippen molar-refractivity contribution in [1.29, 1.82) is 0 Å². The molecule has 3 aliphatic rings. The summed E-state index contributed by atoms with van der Waals surface area (Å²) in [5, 5.41) is 3.11. The van der Waals surface area contributed by atoms with Gasteiger partial charge in [0.15, 0.2) is 21.3 Å². The van der Waals surface area contributed by atoms with Crippen LogP contribution in [0.3, 0.4) is 0 Å². The van der Waals surface area contributed by atoms with E-state index in [1.165, 1.54) is 10.6 Å². The van der Waals surface area contributed by atoms with Gasteiger partial charge in [-0.1, -0.05) is 12.5 Å². The molecule has 3 heterocycles. The van der Waals surface area contributed by atoms with Crippen molar-refractivity contribution in [2.75, 3.05) is 18.2 Å². The van der Waals surface area contributed by atoms with Gasteiger partial charge >= 0.3 is 0 Å². The molecule has 2 aliphatic carbocycles. The number of halogens is 3. The highest BCUT2D eigenvalue weighted by Crippen LogP contribution is 2.41. The Kier molecular flexibility index (Phi) is 7.10. The Hall–Kier alpha value is -2.99. The number of anilines is 2. The zero-order valence-corrected chi connectivity index (χ0v) is 22.9. The van der Waals surface area contributed by atoms with Gasteiger partial charge in [0.25, 0.3) is 6.43 Å². The molecule has 2 aromatic heterocycles. The van der Waals surface area contributed by atoms with Crippen molar-refractivity contribution in [2.45, 2.75) is 81.0 Å². The highest BCUT2D eigenvalue weighted by atomic mass is 32.2. The third kappa shape index (κ3) is 5.23. The maximum atomic E-state index is 14.3. The zero-order chi connectivity index (χ0) is 28.2. The first-order valence-electron chi connectivity index (χ1n) is 13.7. The summed E-state index contributed by atoms with van der Waals surface area (Å²) in [7, 11) is -3.66. The van der Waals surface area contributed by atoms with Crippen LogP contribution in [0.5, 0.6) is 0 Å². The van der Waals surface area contributed by atoms with E-state index in [2.05, 4.69) is 15.3 Å². The summed E-state index contributed by atoms with van der Waals surface area (Å²) in [6.45, 7) is 0.404. The fraction of sp³-hybridized carbons (Fsp3) is 0.536. The third-order valence-corrected chi connectivity index (χ3v) is 9.24. The second-order valence-electron chi connectivity index (χ2n) is 11.1. The van der Waals surface area contributed by atoms with Gasteiger partial charge in [-0.05, 0) is 68.2 Å². The van der Waals surface area contributed by atoms with Gasteiger partial charge in [0.2, 0.25) is 0 Å². The highest BCUT2D eigenvalue weighted by Gasteiger charge is 2.43. The van der Waals surface area contributed by atoms with Crippen molar-refractivity contribution in [2.24, 2.45) is 5.92 Å². The lowest BCUT2D eigenvalue weighted by Gasteiger charge is -2.26. The number of sulfone groups is 1. The second-order valence-corrected chi connectivity index (χ2v) is 13.1. The Morgan fingerprint density at radius 1 is 1.12 bits per heavy atom. The van der Waals surface area contributed by atoms with Gasteiger partial charge in [0.05, 0.1) is 27.9 Å². The lowest BCUT2D eigenvalue weighted by atomic mass is 9.80. The molecule has 0 bridgehead atoms. The molecule has 3 atom stereocenters. The topological polar surface area (TPSA) is 103 Å². The van der Waals surface area contributed by atoms with Crippen LogP contribution in [0.15, 0.2) is 29.2 Å². The first-order chi connectivity index (χ1) is 19.1. The number of hydrogen-bond donors (Lipinski definition) is 1. The quantitative estimate of drug-likeness (QED) is 0.336. The van der Waals surface area contributed by atoms with Crippen LogP contribution in [0.25, 0.3) is 11.2 Å². The number of nitrogens with one attached hydrogen (secondary N) is 1. The van der Waals surface area contributed by atoms with Gasteiger partial charge in [-0.25, -0.2) is 31.6 Å². The number of aromatic nitrogens is 3. The van der Waals surface area contributed by atoms with Crippen molar-refractivity contribution in [3.05, 3.63) is 41.3 Å². The van der Waals surface area contributed by atoms with Crippen molar-refractivity contribution >= 4 is 38.2 Å². The summed E-state index contributed by atoms with van der Waals surface area (Å²) >= 11 is 0. The van der Waals surface area contributed by atoms with E-state index in [0.29, 0.717) is 18.9 Å². The number of pyridine rings is 1. The number of rotatable bonds is 9. The normalized spacial score (nSPS) is 23.4. The number of benzene rings is 1. The van der Waals surface area contributed by atoms with Gasteiger partial charge in [-0.15, -0.1) is 0 Å². The minimum atomic E-state index is -3.66. The van der Waals surface area contributed by atoms with Gasteiger partial charge in [-0.2, -0.15) is 0 Å². The van der Waals surface area contributed by atoms with Crippen LogP contribution < -0.4 is 5.32 Å². The molecule has 3 aromatic rings. The zero-order valence-electron chi connectivity index (χ0n) is 22.1. The summed E-state index contributed by atoms with van der Waals surface area (Å²) in [6, 6.07) is 6.72. The SMILES string of the molecule is CS(=O)(=O)c1cc(C2CCC2)ccc1Nc1cc(CC(=O)[C@@H]2C[C@@H]2F)nc2c1nc(C(F)F)n2C1CCCCO1. The van der Waals surface area contributed by atoms with Crippen LogP contribution in [0.4, 0.5) is 24.5 Å². The molecule has 12 heteroatoms. The predicted molar refractivity (Wildman–Crippen MR) is 142 cm³/mol. The Balaban J connectivity index is 1.48. The fourth-order valence-electron chi connectivity index (χ4n) is 5.58. The summed E-state index contributed by atoms with van der Waals surface area (Å²) in [6.07, 6.45) is 1.47. The smallest absolute Gasteiger partial charge is 0.295 e. The average Bonchev–Trinajstić information content (AvgIpc) is 3.48. The number of ether oxygens (including phenoxy) is 1. The van der Waals surface area contributed by atoms with Crippen LogP contribution in [0, 0.1) is 5.92 Å². The average molecular weight is 577 g/mol. The molecule has 6 rings (SSSR count). The molecule has 1 saturated heterocycles. The highest BCUT2D eigenvalue weighted by molar-refractivity contribution is 7.90. The molecule has 1 N–H and O–H groups in total. The summed E-state index contributed by atoms with van der Waals surface area (Å²) < 4.78 is 74.8. The van der Waals surface area contributed by atoms with E-state index in [9.17, 15) is 26.4 Å². The van der Waals surface area contributed by atoms with Crippen LogP contribution in [-0.2, 0) is 25.8 Å². The van der Waals surface area contributed by atoms with Crippen LogP contribution in [0.2, 0.25) is 0 Å². The molecule has 40 heavy (non-hydrogen) atoms. The number of hydrogen-bond acceptors (Lipinski definition) is 7. The maximum Gasteiger partial charge on any atom is 0.295 e. The van der Waals surface area contributed by atoms with Crippen molar-refractivity contribution in [3.63, 3.8) is 0 Å². The molecule has 2 saturated carbocycles. The van der Waals surface area contributed by atoms with Gasteiger partial charge < -0.3 is 10.1 Å². The number of Topliss-reactive ketones (excluding diaryl/α,β-unsaturated/α-hetero) is 1. The Morgan fingerprint density at radius 2 is 1.90 bits per heavy atom. The minimum absolute atomic E-state index is 0.0851. The number of alkyl halides is 3. The van der Waals surface area contributed by atoms with Crippen molar-refractivity contribution in [1.82, 2.24) is 14.5 Å². The molecule has 1 aliphatic heterocycles. The van der Waals surface area contributed by atoms with Crippen LogP contribution >= 0.6 is 0 Å². The van der Waals surface area contributed by atoms with E-state index in [0.717, 1.165) is 43.9 Å². The summed E-state index contributed by atoms with van der Waals surface area (Å²) in [5.74, 6) is -1.22. The number of imidazole rings is 1.